The van der Waals surface area contributed by atoms with Gasteiger partial charge in [-0.15, -0.1) is 0 Å². The predicted octanol–water partition coefficient (Wildman–Crippen LogP) is 4.84. The number of thiazole rings is 1. The van der Waals surface area contributed by atoms with Crippen LogP contribution in [0.15, 0.2) is 23.6 Å². The molecule has 0 radical (unpaired) electrons. The molecule has 124 valence electrons. The Morgan fingerprint density at radius 2 is 2.13 bits per heavy atom. The second-order valence-corrected chi connectivity index (χ2v) is 7.59. The van der Waals surface area contributed by atoms with E-state index >= 15 is 0 Å². The standard InChI is InChI=1S/C18H23ClN2OS/c1-2-3-10-22-15-7-6-13(11-14(15)19)18(8-4-5-9-18)16-12-23-17(20)21-16/h6-7,11-12H,2-5,8-10H2,1H3,(H2,20,21)/p+1. The topological polar surface area (TPSA) is 49.4 Å². The van der Waals surface area contributed by atoms with E-state index in [1.807, 2.05) is 6.07 Å². The van der Waals surface area contributed by atoms with Gasteiger partial charge in [-0.1, -0.05) is 55.2 Å². The van der Waals surface area contributed by atoms with Crippen molar-refractivity contribution in [3.63, 3.8) is 0 Å². The number of ether oxygens (including phenoxy) is 1. The van der Waals surface area contributed by atoms with Gasteiger partial charge in [0.05, 0.1) is 17.0 Å². The molecule has 1 aliphatic rings. The second kappa shape index (κ2) is 7.10. The number of benzene rings is 1. The fraction of sp³-hybridized carbons (Fsp3) is 0.500. The van der Waals surface area contributed by atoms with Crippen molar-refractivity contribution in [2.24, 2.45) is 0 Å². The van der Waals surface area contributed by atoms with Crippen LogP contribution in [0, 0.1) is 0 Å². The minimum atomic E-state index is 0.0136. The van der Waals surface area contributed by atoms with Gasteiger partial charge in [0.15, 0.2) is 0 Å². The molecule has 0 spiro atoms. The Kier molecular flexibility index (Phi) is 5.12. The molecule has 1 saturated carbocycles. The third kappa shape index (κ3) is 3.33. The number of hydrogen-bond acceptors (Lipinski definition) is 3. The molecule has 0 saturated heterocycles. The lowest BCUT2D eigenvalue weighted by atomic mass is 9.76. The Labute approximate surface area is 146 Å². The number of nitrogens with two attached hydrogens (primary N) is 1. The van der Waals surface area contributed by atoms with E-state index in [-0.39, 0.29) is 5.41 Å². The second-order valence-electron chi connectivity index (χ2n) is 6.28. The van der Waals surface area contributed by atoms with Crippen LogP contribution in [-0.4, -0.2) is 6.61 Å². The fourth-order valence-corrected chi connectivity index (χ4v) is 4.41. The lowest BCUT2D eigenvalue weighted by molar-refractivity contribution is -0.373. The third-order valence-corrected chi connectivity index (χ3v) is 5.78. The maximum atomic E-state index is 6.48. The number of hydrogen-bond donors (Lipinski definition) is 1. The van der Waals surface area contributed by atoms with Crippen molar-refractivity contribution in [3.8, 4) is 5.75 Å². The molecule has 3 nitrogen and oxygen atoms in total. The molecule has 0 atom stereocenters. The normalized spacial score (nSPS) is 16.6. The highest BCUT2D eigenvalue weighted by Crippen LogP contribution is 2.47. The number of nitrogen functional groups attached to an aromatic ring is 1. The molecule has 0 aliphatic heterocycles. The Morgan fingerprint density at radius 1 is 1.35 bits per heavy atom. The van der Waals surface area contributed by atoms with E-state index in [1.54, 1.807) is 11.3 Å². The molecule has 1 aromatic heterocycles. The predicted molar refractivity (Wildman–Crippen MR) is 96.4 cm³/mol. The molecule has 1 fully saturated rings. The van der Waals surface area contributed by atoms with Crippen LogP contribution in [0.2, 0.25) is 5.02 Å². The summed E-state index contributed by atoms with van der Waals surface area (Å²) in [6, 6.07) is 6.26. The Bertz CT molecular complexity index is 665. The minimum absolute atomic E-state index is 0.0136. The largest absolute Gasteiger partial charge is 0.492 e. The van der Waals surface area contributed by atoms with Gasteiger partial charge in [0.2, 0.25) is 0 Å². The van der Waals surface area contributed by atoms with Crippen LogP contribution in [0.25, 0.3) is 0 Å². The van der Waals surface area contributed by atoms with Crippen LogP contribution in [0.5, 0.6) is 5.75 Å². The summed E-state index contributed by atoms with van der Waals surface area (Å²) in [7, 11) is 0. The van der Waals surface area contributed by atoms with Gasteiger partial charge in [0, 0.05) is 5.38 Å². The molecule has 1 aromatic carbocycles. The lowest BCUT2D eigenvalue weighted by Gasteiger charge is -2.27. The first kappa shape index (κ1) is 16.6. The van der Waals surface area contributed by atoms with E-state index < -0.39 is 0 Å². The van der Waals surface area contributed by atoms with Gasteiger partial charge >= 0.3 is 5.13 Å². The SMILES string of the molecule is CCCCOc1ccc(C2(c3csc(N)[nH+]3)CCCC2)cc1Cl. The Balaban J connectivity index is 1.90. The number of aromatic amines is 1. The number of halogens is 1. The molecule has 2 aromatic rings. The van der Waals surface area contributed by atoms with Crippen molar-refractivity contribution in [2.75, 3.05) is 12.3 Å². The monoisotopic (exact) mass is 351 g/mol. The summed E-state index contributed by atoms with van der Waals surface area (Å²) in [5.74, 6) is 0.783. The zero-order valence-corrected chi connectivity index (χ0v) is 15.1. The zero-order chi connectivity index (χ0) is 16.3. The number of nitrogens with one attached hydrogen (secondary N) is 1. The quantitative estimate of drug-likeness (QED) is 0.757. The third-order valence-electron chi connectivity index (χ3n) is 4.77. The van der Waals surface area contributed by atoms with E-state index in [4.69, 9.17) is 22.1 Å². The van der Waals surface area contributed by atoms with Gasteiger partial charge in [-0.2, -0.15) is 0 Å². The highest BCUT2D eigenvalue weighted by molar-refractivity contribution is 7.13. The zero-order valence-electron chi connectivity index (χ0n) is 13.5. The minimum Gasteiger partial charge on any atom is -0.492 e. The molecule has 5 heteroatoms. The molecular formula is C18H24ClN2OS+. The van der Waals surface area contributed by atoms with Gasteiger partial charge in [0.25, 0.3) is 0 Å². The van der Waals surface area contributed by atoms with Crippen LogP contribution in [0.4, 0.5) is 5.13 Å². The van der Waals surface area contributed by atoms with Crippen LogP contribution in [0.3, 0.4) is 0 Å². The fourth-order valence-electron chi connectivity index (χ4n) is 3.48. The number of unbranched alkanes of at least 4 members (excludes halogenated alkanes) is 1. The average Bonchev–Trinajstić information content (AvgIpc) is 3.18. The number of aromatic nitrogens is 1. The molecule has 0 unspecified atom stereocenters. The van der Waals surface area contributed by atoms with Crippen molar-refractivity contribution >= 4 is 28.1 Å². The first-order chi connectivity index (χ1) is 11.2. The maximum absolute atomic E-state index is 6.48. The van der Waals surface area contributed by atoms with Crippen molar-refractivity contribution in [3.05, 3.63) is 39.9 Å². The first-order valence-corrected chi connectivity index (χ1v) is 9.61. The average molecular weight is 352 g/mol. The van der Waals surface area contributed by atoms with Crippen LogP contribution >= 0.6 is 22.9 Å². The van der Waals surface area contributed by atoms with Crippen LogP contribution in [0.1, 0.15) is 56.7 Å². The van der Waals surface area contributed by atoms with E-state index in [0.717, 1.165) is 43.2 Å². The molecule has 0 amide bonds. The highest BCUT2D eigenvalue weighted by atomic mass is 35.5. The Hall–Kier alpha value is -1.26. The van der Waals surface area contributed by atoms with Crippen LogP contribution in [-0.2, 0) is 5.41 Å². The van der Waals surface area contributed by atoms with Crippen molar-refractivity contribution < 1.29 is 9.72 Å². The summed E-state index contributed by atoms with van der Waals surface area (Å²) in [6.45, 7) is 2.87. The van der Waals surface area contributed by atoms with Gasteiger partial charge in [-0.25, -0.2) is 4.98 Å². The van der Waals surface area contributed by atoms with Crippen molar-refractivity contribution in [2.45, 2.75) is 50.9 Å². The summed E-state index contributed by atoms with van der Waals surface area (Å²) >= 11 is 8.05. The van der Waals surface area contributed by atoms with Gasteiger partial charge in [0.1, 0.15) is 11.4 Å². The molecule has 23 heavy (non-hydrogen) atoms. The lowest BCUT2D eigenvalue weighted by Crippen LogP contribution is -2.30. The van der Waals surface area contributed by atoms with E-state index in [2.05, 4.69) is 29.4 Å². The van der Waals surface area contributed by atoms with Crippen molar-refractivity contribution in [1.82, 2.24) is 0 Å². The smallest absolute Gasteiger partial charge is 0.329 e. The summed E-state index contributed by atoms with van der Waals surface area (Å²) in [5.41, 5.74) is 8.41. The van der Waals surface area contributed by atoms with Crippen LogP contribution < -0.4 is 15.5 Å². The van der Waals surface area contributed by atoms with E-state index in [0.29, 0.717) is 5.02 Å². The van der Waals surface area contributed by atoms with Crippen molar-refractivity contribution in [1.29, 1.82) is 0 Å². The Morgan fingerprint density at radius 3 is 2.74 bits per heavy atom. The summed E-state index contributed by atoms with van der Waals surface area (Å²) in [6.07, 6.45) is 6.89. The number of rotatable bonds is 6. The molecular weight excluding hydrogens is 328 g/mol. The first-order valence-electron chi connectivity index (χ1n) is 8.35. The van der Waals surface area contributed by atoms with Gasteiger partial charge in [-0.3, -0.25) is 5.73 Å². The summed E-state index contributed by atoms with van der Waals surface area (Å²) in [5, 5.41) is 3.62. The van der Waals surface area contributed by atoms with Gasteiger partial charge < -0.3 is 4.74 Å². The molecule has 1 aliphatic carbocycles. The summed E-state index contributed by atoms with van der Waals surface area (Å²) < 4.78 is 5.78. The van der Waals surface area contributed by atoms with E-state index in [9.17, 15) is 0 Å². The molecule has 0 bridgehead atoms. The number of anilines is 1. The van der Waals surface area contributed by atoms with E-state index in [1.165, 1.54) is 24.1 Å². The molecule has 3 rings (SSSR count). The van der Waals surface area contributed by atoms with Gasteiger partial charge in [-0.05, 0) is 37.0 Å². The molecule has 1 heterocycles. The molecule has 3 N–H and O–H groups in total. The maximum Gasteiger partial charge on any atom is 0.329 e. The highest BCUT2D eigenvalue weighted by Gasteiger charge is 2.41. The summed E-state index contributed by atoms with van der Waals surface area (Å²) in [4.78, 5) is 3.36. The number of H-pyrrole nitrogens is 1.